The third kappa shape index (κ3) is 3.80. The van der Waals surface area contributed by atoms with Gasteiger partial charge in [-0.2, -0.15) is 0 Å². The summed E-state index contributed by atoms with van der Waals surface area (Å²) in [5.74, 6) is 1.04. The van der Waals surface area contributed by atoms with Gasteiger partial charge in [-0.3, -0.25) is 0 Å². The molecular formula is C10H19NO2S. The maximum Gasteiger partial charge on any atom is 0.150 e. The molecule has 0 amide bonds. The van der Waals surface area contributed by atoms with Crippen LogP contribution in [-0.2, 0) is 9.84 Å². The van der Waals surface area contributed by atoms with Gasteiger partial charge >= 0.3 is 0 Å². The molecule has 0 radical (unpaired) electrons. The Bertz CT molecular complexity index is 295. The number of rotatable bonds is 5. The van der Waals surface area contributed by atoms with E-state index in [1.807, 2.05) is 0 Å². The van der Waals surface area contributed by atoms with Gasteiger partial charge < -0.3 is 5.32 Å². The smallest absolute Gasteiger partial charge is 0.150 e. The van der Waals surface area contributed by atoms with Gasteiger partial charge in [-0.1, -0.05) is 19.1 Å². The van der Waals surface area contributed by atoms with Gasteiger partial charge in [-0.05, 0) is 25.3 Å². The summed E-state index contributed by atoms with van der Waals surface area (Å²) in [6, 6.07) is 0. The molecule has 1 heterocycles. The second-order valence-corrected chi connectivity index (χ2v) is 6.23. The van der Waals surface area contributed by atoms with Gasteiger partial charge in [0.15, 0.2) is 9.84 Å². The van der Waals surface area contributed by atoms with E-state index in [-0.39, 0.29) is 0 Å². The average Bonchev–Trinajstić information content (AvgIpc) is 2.45. The second kappa shape index (κ2) is 4.94. The van der Waals surface area contributed by atoms with E-state index in [0.29, 0.717) is 17.4 Å². The van der Waals surface area contributed by atoms with Gasteiger partial charge in [-0.15, -0.1) is 0 Å². The van der Waals surface area contributed by atoms with Gasteiger partial charge in [0.2, 0.25) is 0 Å². The molecule has 0 aromatic rings. The molecule has 1 unspecified atom stereocenters. The van der Waals surface area contributed by atoms with Crippen LogP contribution in [0.25, 0.3) is 0 Å². The highest BCUT2D eigenvalue weighted by Crippen LogP contribution is 2.17. The SMILES string of the molecule is C=C(CC)CNCC1CCS(=O)(=O)C1. The Morgan fingerprint density at radius 3 is 2.79 bits per heavy atom. The predicted octanol–water partition coefficient (Wildman–Crippen LogP) is 0.977. The third-order valence-corrected chi connectivity index (χ3v) is 4.47. The van der Waals surface area contributed by atoms with Crippen LogP contribution in [0, 0.1) is 5.92 Å². The van der Waals surface area contributed by atoms with E-state index in [1.54, 1.807) is 0 Å². The molecule has 1 saturated heterocycles. The zero-order chi connectivity index (χ0) is 10.6. The molecule has 1 rings (SSSR count). The minimum Gasteiger partial charge on any atom is -0.313 e. The Hall–Kier alpha value is -0.350. The highest BCUT2D eigenvalue weighted by atomic mass is 32.2. The van der Waals surface area contributed by atoms with Crippen molar-refractivity contribution in [1.29, 1.82) is 0 Å². The Morgan fingerprint density at radius 2 is 2.29 bits per heavy atom. The lowest BCUT2D eigenvalue weighted by Gasteiger charge is -2.09. The lowest BCUT2D eigenvalue weighted by molar-refractivity contribution is 0.534. The van der Waals surface area contributed by atoms with Crippen molar-refractivity contribution in [2.24, 2.45) is 5.92 Å². The van der Waals surface area contributed by atoms with E-state index in [9.17, 15) is 8.42 Å². The van der Waals surface area contributed by atoms with Crippen molar-refractivity contribution in [3.05, 3.63) is 12.2 Å². The molecule has 0 aliphatic carbocycles. The zero-order valence-corrected chi connectivity index (χ0v) is 9.57. The lowest BCUT2D eigenvalue weighted by atomic mass is 10.1. The molecule has 1 N–H and O–H groups in total. The summed E-state index contributed by atoms with van der Waals surface area (Å²) in [5.41, 5.74) is 1.17. The second-order valence-electron chi connectivity index (χ2n) is 4.00. The largest absolute Gasteiger partial charge is 0.313 e. The number of hydrogen-bond acceptors (Lipinski definition) is 3. The molecule has 1 atom stereocenters. The van der Waals surface area contributed by atoms with Crippen LogP contribution in [0.5, 0.6) is 0 Å². The monoisotopic (exact) mass is 217 g/mol. The van der Waals surface area contributed by atoms with Crippen molar-refractivity contribution >= 4 is 9.84 Å². The van der Waals surface area contributed by atoms with Crippen LogP contribution in [0.1, 0.15) is 19.8 Å². The Kier molecular flexibility index (Phi) is 4.13. The molecule has 0 spiro atoms. The first kappa shape index (κ1) is 11.7. The standard InChI is InChI=1S/C10H19NO2S/c1-3-9(2)6-11-7-10-4-5-14(12,13)8-10/h10-11H,2-8H2,1H3. The topological polar surface area (TPSA) is 46.2 Å². The van der Waals surface area contributed by atoms with Gasteiger partial charge in [-0.25, -0.2) is 8.42 Å². The normalized spacial score (nSPS) is 25.1. The molecular weight excluding hydrogens is 198 g/mol. The van der Waals surface area contributed by atoms with Gasteiger partial charge in [0.1, 0.15) is 0 Å². The van der Waals surface area contributed by atoms with E-state index < -0.39 is 9.84 Å². The van der Waals surface area contributed by atoms with Crippen LogP contribution < -0.4 is 5.32 Å². The minimum atomic E-state index is -2.71. The molecule has 0 aromatic heterocycles. The van der Waals surface area contributed by atoms with Crippen molar-refractivity contribution in [2.45, 2.75) is 19.8 Å². The highest BCUT2D eigenvalue weighted by Gasteiger charge is 2.27. The Morgan fingerprint density at radius 1 is 1.57 bits per heavy atom. The third-order valence-electron chi connectivity index (χ3n) is 2.63. The fourth-order valence-corrected chi connectivity index (χ4v) is 3.47. The molecule has 3 nitrogen and oxygen atoms in total. The van der Waals surface area contributed by atoms with Crippen LogP contribution in [0.15, 0.2) is 12.2 Å². The van der Waals surface area contributed by atoms with Crippen LogP contribution in [0.3, 0.4) is 0 Å². The van der Waals surface area contributed by atoms with Gasteiger partial charge in [0.05, 0.1) is 11.5 Å². The van der Waals surface area contributed by atoms with Crippen molar-refractivity contribution in [3.63, 3.8) is 0 Å². The number of sulfone groups is 1. The minimum absolute atomic E-state index is 0.310. The Balaban J connectivity index is 2.18. The summed E-state index contributed by atoms with van der Waals surface area (Å²) < 4.78 is 22.3. The molecule has 4 heteroatoms. The summed E-state index contributed by atoms with van der Waals surface area (Å²) >= 11 is 0. The molecule has 82 valence electrons. The predicted molar refractivity (Wildman–Crippen MR) is 59.1 cm³/mol. The van der Waals surface area contributed by atoms with E-state index in [1.165, 1.54) is 5.57 Å². The van der Waals surface area contributed by atoms with Crippen LogP contribution in [0.2, 0.25) is 0 Å². The van der Waals surface area contributed by atoms with Crippen molar-refractivity contribution in [2.75, 3.05) is 24.6 Å². The number of hydrogen-bond donors (Lipinski definition) is 1. The van der Waals surface area contributed by atoms with Gasteiger partial charge in [0, 0.05) is 6.54 Å². The first-order valence-electron chi connectivity index (χ1n) is 5.11. The van der Waals surface area contributed by atoms with E-state index in [4.69, 9.17) is 0 Å². The fourth-order valence-electron chi connectivity index (χ4n) is 1.61. The van der Waals surface area contributed by atoms with E-state index in [2.05, 4.69) is 18.8 Å². The van der Waals surface area contributed by atoms with Gasteiger partial charge in [0.25, 0.3) is 0 Å². The van der Waals surface area contributed by atoms with Crippen LogP contribution in [-0.4, -0.2) is 33.0 Å². The summed E-state index contributed by atoms with van der Waals surface area (Å²) in [4.78, 5) is 0. The van der Waals surface area contributed by atoms with E-state index in [0.717, 1.165) is 25.9 Å². The quantitative estimate of drug-likeness (QED) is 0.698. The van der Waals surface area contributed by atoms with Crippen molar-refractivity contribution < 1.29 is 8.42 Å². The Labute approximate surface area is 86.5 Å². The molecule has 1 aliphatic heterocycles. The van der Waals surface area contributed by atoms with Crippen LogP contribution >= 0.6 is 0 Å². The molecule has 0 saturated carbocycles. The molecule has 0 aromatic carbocycles. The first-order valence-corrected chi connectivity index (χ1v) is 6.93. The maximum absolute atomic E-state index is 11.1. The van der Waals surface area contributed by atoms with Crippen molar-refractivity contribution in [3.8, 4) is 0 Å². The van der Waals surface area contributed by atoms with E-state index >= 15 is 0 Å². The first-order chi connectivity index (χ1) is 6.53. The van der Waals surface area contributed by atoms with Crippen LogP contribution in [0.4, 0.5) is 0 Å². The summed E-state index contributed by atoms with van der Waals surface area (Å²) in [5, 5.41) is 3.25. The molecule has 0 bridgehead atoms. The average molecular weight is 217 g/mol. The lowest BCUT2D eigenvalue weighted by Crippen LogP contribution is -2.25. The molecule has 1 fully saturated rings. The summed E-state index contributed by atoms with van der Waals surface area (Å²) in [6.45, 7) is 7.57. The fraction of sp³-hybridized carbons (Fsp3) is 0.800. The summed E-state index contributed by atoms with van der Waals surface area (Å²) in [7, 11) is -2.71. The molecule has 1 aliphatic rings. The maximum atomic E-state index is 11.1. The zero-order valence-electron chi connectivity index (χ0n) is 8.75. The summed E-state index contributed by atoms with van der Waals surface area (Å²) in [6.07, 6.45) is 1.80. The highest BCUT2D eigenvalue weighted by molar-refractivity contribution is 7.91. The molecule has 14 heavy (non-hydrogen) atoms. The number of nitrogens with one attached hydrogen (secondary N) is 1. The van der Waals surface area contributed by atoms with Crippen molar-refractivity contribution in [1.82, 2.24) is 5.32 Å².